The van der Waals surface area contributed by atoms with Crippen molar-refractivity contribution < 1.29 is 9.59 Å². The van der Waals surface area contributed by atoms with Crippen molar-refractivity contribution in [3.05, 3.63) is 76.7 Å². The number of aromatic nitrogens is 2. The third-order valence-corrected chi connectivity index (χ3v) is 8.99. The predicted octanol–water partition coefficient (Wildman–Crippen LogP) is 4.87. The number of urea groups is 1. The van der Waals surface area contributed by atoms with E-state index in [0.29, 0.717) is 26.1 Å². The highest BCUT2D eigenvalue weighted by Crippen LogP contribution is 2.35. The Morgan fingerprint density at radius 1 is 1.00 bits per heavy atom. The van der Waals surface area contributed by atoms with Gasteiger partial charge in [0.05, 0.1) is 0 Å². The van der Waals surface area contributed by atoms with E-state index >= 15 is 0 Å². The van der Waals surface area contributed by atoms with Gasteiger partial charge in [-0.3, -0.25) is 9.59 Å². The molecule has 1 fully saturated rings. The van der Waals surface area contributed by atoms with Crippen LogP contribution in [0.5, 0.6) is 0 Å². The van der Waals surface area contributed by atoms with Gasteiger partial charge in [-0.1, -0.05) is 24.3 Å². The first-order valence-corrected chi connectivity index (χ1v) is 15.4. The summed E-state index contributed by atoms with van der Waals surface area (Å²) in [6.07, 6.45) is 3.51. The number of hydrogen-bond donors (Lipinski definition) is 2. The number of aryl methyl sites for hydroxylation is 1. The number of anilines is 1. The Bertz CT molecular complexity index is 1640. The third-order valence-electron chi connectivity index (χ3n) is 8.35. The van der Waals surface area contributed by atoms with Crippen molar-refractivity contribution >= 4 is 51.2 Å². The molecule has 0 aliphatic carbocycles. The first-order valence-electron chi connectivity index (χ1n) is 14.0. The predicted molar refractivity (Wildman–Crippen MR) is 162 cm³/mol. The zero-order valence-electron chi connectivity index (χ0n) is 22.9. The minimum atomic E-state index is -0.649. The smallest absolute Gasteiger partial charge is 0.318 e. The van der Waals surface area contributed by atoms with Gasteiger partial charge in [0.2, 0.25) is 5.91 Å². The fourth-order valence-electron chi connectivity index (χ4n) is 6.51. The van der Waals surface area contributed by atoms with Crippen LogP contribution in [0.2, 0.25) is 0 Å². The first kappa shape index (κ1) is 26.5. The molecule has 3 atom stereocenters. The van der Waals surface area contributed by atoms with Crippen molar-refractivity contribution in [2.45, 2.75) is 44.8 Å². The van der Waals surface area contributed by atoms with Gasteiger partial charge >= 0.3 is 6.03 Å². The second-order valence-electron chi connectivity index (χ2n) is 10.9. The van der Waals surface area contributed by atoms with E-state index in [4.69, 9.17) is 0 Å². The molecule has 2 aromatic carbocycles. The zero-order chi connectivity index (χ0) is 27.8. The number of piperidine rings is 1. The minimum Gasteiger partial charge on any atom is -0.341 e. The molecule has 208 valence electrons. The van der Waals surface area contributed by atoms with Crippen LogP contribution in [0.1, 0.15) is 31.4 Å². The lowest BCUT2D eigenvalue weighted by molar-refractivity contribution is -0.118. The second kappa shape index (κ2) is 11.0. The molecule has 2 aromatic heterocycles. The van der Waals surface area contributed by atoms with E-state index in [1.54, 1.807) is 23.9 Å². The maximum atomic E-state index is 13.5. The van der Waals surface area contributed by atoms with Gasteiger partial charge in [-0.2, -0.15) is 11.8 Å². The van der Waals surface area contributed by atoms with E-state index in [2.05, 4.69) is 40.3 Å². The van der Waals surface area contributed by atoms with Crippen LogP contribution >= 0.6 is 11.8 Å². The van der Waals surface area contributed by atoms with Gasteiger partial charge in [0.25, 0.3) is 5.56 Å². The quantitative estimate of drug-likeness (QED) is 0.340. The van der Waals surface area contributed by atoms with E-state index in [1.165, 1.54) is 5.52 Å². The fraction of sp³-hybridized carbons (Fsp3) is 0.387. The fourth-order valence-corrected chi connectivity index (χ4v) is 6.98. The van der Waals surface area contributed by atoms with Crippen LogP contribution in [0.4, 0.5) is 10.5 Å². The molecule has 9 heteroatoms. The molecule has 2 bridgehead atoms. The van der Waals surface area contributed by atoms with Crippen LogP contribution in [-0.2, 0) is 17.9 Å². The molecular formula is C31H35N5O3S. The van der Waals surface area contributed by atoms with Crippen molar-refractivity contribution in [1.29, 1.82) is 0 Å². The number of para-hydroxylation sites is 1. The molecule has 0 spiro atoms. The molecule has 4 aromatic rings. The third kappa shape index (κ3) is 4.87. The average molecular weight is 558 g/mol. The molecule has 6 rings (SSSR count). The van der Waals surface area contributed by atoms with E-state index in [9.17, 15) is 14.4 Å². The Morgan fingerprint density at radius 2 is 1.82 bits per heavy atom. The highest BCUT2D eigenvalue weighted by atomic mass is 32.2. The lowest BCUT2D eigenvalue weighted by atomic mass is 9.83. The van der Waals surface area contributed by atoms with Crippen LogP contribution in [0.3, 0.4) is 0 Å². The monoisotopic (exact) mass is 557 g/mol. The van der Waals surface area contributed by atoms with Crippen molar-refractivity contribution in [2.24, 2.45) is 5.92 Å². The van der Waals surface area contributed by atoms with Gasteiger partial charge in [0.15, 0.2) is 0 Å². The summed E-state index contributed by atoms with van der Waals surface area (Å²) in [5.74, 6) is 0.897. The highest BCUT2D eigenvalue weighted by molar-refractivity contribution is 7.98. The van der Waals surface area contributed by atoms with Crippen LogP contribution in [-0.4, -0.2) is 57.1 Å². The standard InChI is InChI=1S/C31H35N5O3S/c1-3-35-27-8-5-4-7-23(27)24-16-22(11-12-28(24)35)32-30(38)25(13-14-40-2)33-31(39)34-17-20-15-21(19-34)26-9-6-10-29(37)36(26)18-20/h4-12,16,20-21,25H,3,13-15,17-19H2,1-2H3,(H,32,38)(H,33,39)/t20?,21?,25-/m0/s1. The SMILES string of the molecule is CCn1c2ccccc2c2cc(NC(=O)[C@H](CCSC)NC(=O)N3CC4CC(C3)c3cccc(=O)n3C4)ccc21. The van der Waals surface area contributed by atoms with Crippen LogP contribution in [0, 0.1) is 5.92 Å². The summed E-state index contributed by atoms with van der Waals surface area (Å²) in [6, 6.07) is 18.9. The number of rotatable bonds is 7. The Kier molecular flexibility index (Phi) is 7.31. The summed E-state index contributed by atoms with van der Waals surface area (Å²) >= 11 is 1.65. The van der Waals surface area contributed by atoms with E-state index in [0.717, 1.165) is 46.4 Å². The van der Waals surface area contributed by atoms with Crippen molar-refractivity contribution in [1.82, 2.24) is 19.4 Å². The number of nitrogens with zero attached hydrogens (tertiary/aromatic N) is 3. The number of nitrogens with one attached hydrogen (secondary N) is 2. The normalized spacial score (nSPS) is 18.9. The molecule has 2 N–H and O–H groups in total. The zero-order valence-corrected chi connectivity index (χ0v) is 23.7. The molecule has 40 heavy (non-hydrogen) atoms. The summed E-state index contributed by atoms with van der Waals surface area (Å²) in [5, 5.41) is 8.36. The van der Waals surface area contributed by atoms with Crippen LogP contribution in [0.25, 0.3) is 21.8 Å². The molecule has 1 saturated heterocycles. The van der Waals surface area contributed by atoms with Gasteiger partial charge in [-0.25, -0.2) is 4.79 Å². The number of fused-ring (bicyclic) bond motifs is 7. The second-order valence-corrected chi connectivity index (χ2v) is 11.9. The summed E-state index contributed by atoms with van der Waals surface area (Å²) in [6.45, 7) is 4.75. The Balaban J connectivity index is 1.19. The molecule has 3 amide bonds. The summed E-state index contributed by atoms with van der Waals surface area (Å²) in [4.78, 5) is 41.1. The Morgan fingerprint density at radius 3 is 2.65 bits per heavy atom. The minimum absolute atomic E-state index is 0.0244. The van der Waals surface area contributed by atoms with Crippen molar-refractivity contribution in [3.8, 4) is 0 Å². The topological polar surface area (TPSA) is 88.4 Å². The maximum Gasteiger partial charge on any atom is 0.318 e. The van der Waals surface area contributed by atoms with E-state index in [1.807, 2.05) is 46.1 Å². The van der Waals surface area contributed by atoms with E-state index in [-0.39, 0.29) is 29.3 Å². The highest BCUT2D eigenvalue weighted by Gasteiger charge is 2.37. The first-order chi connectivity index (χ1) is 19.5. The number of pyridine rings is 1. The number of thioether (sulfide) groups is 1. The molecule has 4 heterocycles. The van der Waals surface area contributed by atoms with Gasteiger partial charge in [-0.05, 0) is 68.0 Å². The number of carbonyl (C=O) groups is 2. The average Bonchev–Trinajstić information content (AvgIpc) is 3.28. The van der Waals surface area contributed by atoms with Gasteiger partial charge in [0, 0.05) is 71.4 Å². The summed E-state index contributed by atoms with van der Waals surface area (Å²) < 4.78 is 4.14. The molecule has 0 radical (unpaired) electrons. The Hall–Kier alpha value is -3.72. The van der Waals surface area contributed by atoms with Crippen LogP contribution < -0.4 is 16.2 Å². The summed E-state index contributed by atoms with van der Waals surface area (Å²) in [5.41, 5.74) is 4.05. The van der Waals surface area contributed by atoms with E-state index < -0.39 is 6.04 Å². The molecular weight excluding hydrogens is 522 g/mol. The Labute approximate surface area is 237 Å². The maximum absolute atomic E-state index is 13.5. The lowest BCUT2D eigenvalue weighted by Crippen LogP contribution is -2.55. The number of benzene rings is 2. The molecule has 2 aliphatic rings. The molecule has 8 nitrogen and oxygen atoms in total. The molecule has 2 aliphatic heterocycles. The molecule has 2 unspecified atom stereocenters. The van der Waals surface area contributed by atoms with Crippen LogP contribution in [0.15, 0.2) is 65.5 Å². The van der Waals surface area contributed by atoms with Gasteiger partial charge < -0.3 is 24.7 Å². The van der Waals surface area contributed by atoms with Gasteiger partial charge in [0.1, 0.15) is 6.04 Å². The number of likely N-dealkylation sites (tertiary alicyclic amines) is 1. The number of carbonyl (C=O) groups excluding carboxylic acids is 2. The largest absolute Gasteiger partial charge is 0.341 e. The number of hydrogen-bond acceptors (Lipinski definition) is 4. The summed E-state index contributed by atoms with van der Waals surface area (Å²) in [7, 11) is 0. The number of amides is 3. The lowest BCUT2D eigenvalue weighted by Gasteiger charge is -2.43. The van der Waals surface area contributed by atoms with Crippen molar-refractivity contribution in [2.75, 3.05) is 30.4 Å². The van der Waals surface area contributed by atoms with Gasteiger partial charge in [-0.15, -0.1) is 0 Å². The van der Waals surface area contributed by atoms with Crippen molar-refractivity contribution in [3.63, 3.8) is 0 Å². The molecule has 0 saturated carbocycles.